The Morgan fingerprint density at radius 1 is 0.951 bits per heavy atom. The molecular formula is C33H41FN2O5. The van der Waals surface area contributed by atoms with Crippen LogP contribution in [0.5, 0.6) is 17.2 Å². The fourth-order valence-corrected chi connectivity index (χ4v) is 5.44. The number of halogens is 1. The molecule has 3 aromatic carbocycles. The molecule has 2 atom stereocenters. The molecule has 2 heterocycles. The van der Waals surface area contributed by atoms with E-state index in [1.54, 1.807) is 19.2 Å². The number of ether oxygens (including phenoxy) is 5. The van der Waals surface area contributed by atoms with Crippen LogP contribution in [0, 0.1) is 5.82 Å². The zero-order valence-electron chi connectivity index (χ0n) is 23.9. The third kappa shape index (κ3) is 8.35. The quantitative estimate of drug-likeness (QED) is 0.257. The number of rotatable bonds is 14. The molecule has 1 saturated heterocycles. The van der Waals surface area contributed by atoms with Crippen LogP contribution < -0.4 is 24.4 Å². The molecule has 220 valence electrons. The van der Waals surface area contributed by atoms with Gasteiger partial charge in [-0.15, -0.1) is 0 Å². The van der Waals surface area contributed by atoms with Crippen LogP contribution in [-0.4, -0.2) is 65.8 Å². The molecule has 2 aliphatic heterocycles. The summed E-state index contributed by atoms with van der Waals surface area (Å²) in [6.07, 6.45) is 2.80. The average Bonchev–Trinajstić information content (AvgIpc) is 3.01. The predicted molar refractivity (Wildman–Crippen MR) is 158 cm³/mol. The van der Waals surface area contributed by atoms with E-state index in [0.29, 0.717) is 44.5 Å². The highest BCUT2D eigenvalue weighted by molar-refractivity contribution is 5.61. The summed E-state index contributed by atoms with van der Waals surface area (Å²) >= 11 is 0. The Hall–Kier alpha value is -3.33. The van der Waals surface area contributed by atoms with Crippen LogP contribution in [0.25, 0.3) is 0 Å². The Morgan fingerprint density at radius 2 is 1.80 bits per heavy atom. The highest BCUT2D eigenvalue weighted by Gasteiger charge is 2.27. The maximum absolute atomic E-state index is 13.3. The van der Waals surface area contributed by atoms with Crippen LogP contribution >= 0.6 is 0 Å². The molecule has 8 heteroatoms. The number of hydrogen-bond donors (Lipinski definition) is 1. The fraction of sp³-hybridized carbons (Fsp3) is 0.455. The second-order valence-electron chi connectivity index (χ2n) is 10.5. The number of nitrogens with zero attached hydrogens (tertiary/aromatic N) is 1. The van der Waals surface area contributed by atoms with Crippen LogP contribution in [0.4, 0.5) is 10.1 Å². The third-order valence-corrected chi connectivity index (χ3v) is 7.58. The molecule has 0 radical (unpaired) electrons. The Labute approximate surface area is 242 Å². The highest BCUT2D eigenvalue weighted by Crippen LogP contribution is 2.34. The van der Waals surface area contributed by atoms with E-state index in [-0.39, 0.29) is 11.9 Å². The summed E-state index contributed by atoms with van der Waals surface area (Å²) in [6, 6.07) is 20.9. The first-order valence-electron chi connectivity index (χ1n) is 14.6. The Bertz CT molecular complexity index is 1220. The van der Waals surface area contributed by atoms with E-state index < -0.39 is 0 Å². The van der Waals surface area contributed by atoms with Gasteiger partial charge in [-0.3, -0.25) is 0 Å². The van der Waals surface area contributed by atoms with E-state index in [0.717, 1.165) is 68.4 Å². The molecule has 1 N–H and O–H groups in total. The summed E-state index contributed by atoms with van der Waals surface area (Å²) in [5, 5.41) is 3.50. The molecule has 41 heavy (non-hydrogen) atoms. The zero-order chi connectivity index (χ0) is 28.3. The number of hydrogen-bond acceptors (Lipinski definition) is 7. The second-order valence-corrected chi connectivity index (χ2v) is 10.5. The van der Waals surface area contributed by atoms with Gasteiger partial charge >= 0.3 is 0 Å². The first-order valence-corrected chi connectivity index (χ1v) is 14.6. The predicted octanol–water partition coefficient (Wildman–Crippen LogP) is 5.57. The molecule has 0 unspecified atom stereocenters. The molecule has 0 spiro atoms. The van der Waals surface area contributed by atoms with Crippen LogP contribution in [0.15, 0.2) is 66.7 Å². The zero-order valence-corrected chi connectivity index (χ0v) is 23.9. The first-order chi connectivity index (χ1) is 20.2. The molecule has 0 aliphatic carbocycles. The van der Waals surface area contributed by atoms with E-state index in [2.05, 4.69) is 40.5 Å². The minimum atomic E-state index is -0.297. The molecular weight excluding hydrogens is 523 g/mol. The van der Waals surface area contributed by atoms with E-state index in [1.807, 2.05) is 12.1 Å². The van der Waals surface area contributed by atoms with E-state index in [9.17, 15) is 4.39 Å². The van der Waals surface area contributed by atoms with Crippen molar-refractivity contribution in [1.29, 1.82) is 0 Å². The summed E-state index contributed by atoms with van der Waals surface area (Å²) in [6.45, 7) is 6.66. The molecule has 3 aromatic rings. The van der Waals surface area contributed by atoms with Crippen molar-refractivity contribution in [3.8, 4) is 17.2 Å². The second kappa shape index (κ2) is 15.1. The van der Waals surface area contributed by atoms with Gasteiger partial charge < -0.3 is 33.9 Å². The van der Waals surface area contributed by atoms with E-state index >= 15 is 0 Å². The maximum atomic E-state index is 13.3. The van der Waals surface area contributed by atoms with Gasteiger partial charge in [0.1, 0.15) is 29.7 Å². The van der Waals surface area contributed by atoms with Crippen LogP contribution in [0.1, 0.15) is 36.3 Å². The minimum absolute atomic E-state index is 0.0839. The van der Waals surface area contributed by atoms with Gasteiger partial charge in [-0.2, -0.15) is 0 Å². The van der Waals surface area contributed by atoms with Gasteiger partial charge in [0.05, 0.1) is 38.2 Å². The fourth-order valence-electron chi connectivity index (χ4n) is 5.44. The standard InChI is InChI=1S/C33H41FN2O5/c1-37-17-3-15-36-16-20-40-32-12-7-25(21-31(32)36)24-41-33-23-35-14-13-30(33)26-8-10-28(11-9-26)38-18-4-19-39-29-6-2-5-27(34)22-29/h2,5-12,21-22,30,33,35H,3-4,13-20,23-24H2,1H3/t30-,33+/m1/s1. The van der Waals surface area contributed by atoms with Gasteiger partial charge in [-0.05, 0) is 66.9 Å². The highest BCUT2D eigenvalue weighted by atomic mass is 19.1. The van der Waals surface area contributed by atoms with Crippen molar-refractivity contribution < 1.29 is 28.1 Å². The molecule has 1 fully saturated rings. The van der Waals surface area contributed by atoms with Gasteiger partial charge in [0, 0.05) is 45.2 Å². The van der Waals surface area contributed by atoms with Crippen LogP contribution in [0.2, 0.25) is 0 Å². The number of fused-ring (bicyclic) bond motifs is 1. The van der Waals surface area contributed by atoms with E-state index in [4.69, 9.17) is 23.7 Å². The Balaban J connectivity index is 1.11. The van der Waals surface area contributed by atoms with Crippen molar-refractivity contribution in [2.75, 3.05) is 64.6 Å². The normalized spacial score (nSPS) is 18.4. The Kier molecular flexibility index (Phi) is 10.7. The van der Waals surface area contributed by atoms with Gasteiger partial charge in [0.25, 0.3) is 0 Å². The number of nitrogens with one attached hydrogen (secondary N) is 1. The lowest BCUT2D eigenvalue weighted by molar-refractivity contribution is 0.0106. The summed E-state index contributed by atoms with van der Waals surface area (Å²) in [5.74, 6) is 2.33. The Morgan fingerprint density at radius 3 is 2.63 bits per heavy atom. The lowest BCUT2D eigenvalue weighted by Gasteiger charge is -2.33. The van der Waals surface area contributed by atoms with Crippen molar-refractivity contribution in [2.45, 2.75) is 37.9 Å². The molecule has 7 nitrogen and oxygen atoms in total. The summed E-state index contributed by atoms with van der Waals surface area (Å²) in [4.78, 5) is 2.38. The molecule has 0 bridgehead atoms. The van der Waals surface area contributed by atoms with Crippen molar-refractivity contribution in [2.24, 2.45) is 0 Å². The monoisotopic (exact) mass is 564 g/mol. The maximum Gasteiger partial charge on any atom is 0.142 e. The SMILES string of the molecule is COCCCN1CCOc2ccc(CO[C@H]3CNCC[C@@H]3c3ccc(OCCCOc4cccc(F)c4)cc3)cc21. The largest absolute Gasteiger partial charge is 0.493 e. The van der Waals surface area contributed by atoms with Gasteiger partial charge in [-0.1, -0.05) is 24.3 Å². The van der Waals surface area contributed by atoms with Gasteiger partial charge in [0.15, 0.2) is 0 Å². The lowest BCUT2D eigenvalue weighted by atomic mass is 9.87. The first kappa shape index (κ1) is 29.2. The summed E-state index contributed by atoms with van der Waals surface area (Å²) < 4.78 is 42.4. The van der Waals surface area contributed by atoms with Crippen LogP contribution in [-0.2, 0) is 16.1 Å². The topological polar surface area (TPSA) is 61.4 Å². The number of benzene rings is 3. The van der Waals surface area contributed by atoms with Gasteiger partial charge in [0.2, 0.25) is 0 Å². The molecule has 2 aliphatic rings. The molecule has 0 aromatic heterocycles. The molecule has 0 saturated carbocycles. The minimum Gasteiger partial charge on any atom is -0.493 e. The molecule has 5 rings (SSSR count). The summed E-state index contributed by atoms with van der Waals surface area (Å²) in [5.41, 5.74) is 3.56. The van der Waals surface area contributed by atoms with Crippen molar-refractivity contribution in [1.82, 2.24) is 5.32 Å². The third-order valence-electron chi connectivity index (χ3n) is 7.58. The average molecular weight is 565 g/mol. The smallest absolute Gasteiger partial charge is 0.142 e. The number of anilines is 1. The summed E-state index contributed by atoms with van der Waals surface area (Å²) in [7, 11) is 1.74. The lowest BCUT2D eigenvalue weighted by Crippen LogP contribution is -2.41. The molecule has 0 amide bonds. The van der Waals surface area contributed by atoms with E-state index in [1.165, 1.54) is 17.7 Å². The number of piperidine rings is 1. The van der Waals surface area contributed by atoms with Crippen molar-refractivity contribution in [3.63, 3.8) is 0 Å². The van der Waals surface area contributed by atoms with Gasteiger partial charge in [-0.25, -0.2) is 4.39 Å². The van der Waals surface area contributed by atoms with Crippen LogP contribution in [0.3, 0.4) is 0 Å². The number of methoxy groups -OCH3 is 1. The van der Waals surface area contributed by atoms with Crippen molar-refractivity contribution in [3.05, 3.63) is 83.7 Å². The van der Waals surface area contributed by atoms with Crippen molar-refractivity contribution >= 4 is 5.69 Å².